The van der Waals surface area contributed by atoms with Gasteiger partial charge in [-0.25, -0.2) is 5.43 Å². The lowest BCUT2D eigenvalue weighted by Gasteiger charge is -2.04. The Labute approximate surface area is 121 Å². The normalized spacial score (nSPS) is 12.9. The van der Waals surface area contributed by atoms with E-state index in [1.807, 2.05) is 12.1 Å². The molecule has 0 fully saturated rings. The molecule has 0 radical (unpaired) electrons. The van der Waals surface area contributed by atoms with Crippen LogP contribution in [0.2, 0.25) is 0 Å². The maximum atomic E-state index is 11.8. The number of nitrogens with one attached hydrogen (secondary N) is 1. The molecule has 106 valence electrons. The smallest absolute Gasteiger partial charge is 0.260 e. The van der Waals surface area contributed by atoms with E-state index in [1.54, 1.807) is 18.3 Å². The number of fused-ring (bicyclic) bond motifs is 1. The largest absolute Gasteiger partial charge is 0.306 e. The Morgan fingerprint density at radius 1 is 1.10 bits per heavy atom. The van der Waals surface area contributed by atoms with E-state index in [9.17, 15) is 9.59 Å². The van der Waals surface area contributed by atoms with E-state index >= 15 is 0 Å². The van der Waals surface area contributed by atoms with Crippen LogP contribution in [0.5, 0.6) is 0 Å². The van der Waals surface area contributed by atoms with Crippen LogP contribution in [0.15, 0.2) is 58.6 Å². The summed E-state index contributed by atoms with van der Waals surface area (Å²) < 4.78 is 1.35. The molecule has 5 heteroatoms. The molecule has 1 amide bonds. The second-order valence-corrected chi connectivity index (χ2v) is 5.00. The first kappa shape index (κ1) is 13.3. The third-order valence-electron chi connectivity index (χ3n) is 3.46. The van der Waals surface area contributed by atoms with Gasteiger partial charge in [0, 0.05) is 30.8 Å². The Hall–Kier alpha value is -2.69. The van der Waals surface area contributed by atoms with Crippen molar-refractivity contribution in [2.45, 2.75) is 19.4 Å². The Bertz CT molecular complexity index is 735. The second kappa shape index (κ2) is 5.75. The number of aromatic nitrogens is 1. The summed E-state index contributed by atoms with van der Waals surface area (Å²) >= 11 is 0. The molecule has 1 aromatic carbocycles. The summed E-state index contributed by atoms with van der Waals surface area (Å²) in [6.07, 6.45) is 3.12. The lowest BCUT2D eigenvalue weighted by molar-refractivity contribution is -0.121. The van der Waals surface area contributed by atoms with E-state index in [0.29, 0.717) is 0 Å². The van der Waals surface area contributed by atoms with E-state index in [0.717, 1.165) is 18.6 Å². The van der Waals surface area contributed by atoms with E-state index in [-0.39, 0.29) is 18.0 Å². The van der Waals surface area contributed by atoms with Gasteiger partial charge in [-0.3, -0.25) is 9.59 Å². The lowest BCUT2D eigenvalue weighted by atomic mass is 10.1. The Morgan fingerprint density at radius 3 is 2.43 bits per heavy atom. The maximum Gasteiger partial charge on any atom is 0.260 e. The number of hydrazone groups is 1. The molecule has 1 N–H and O–H groups in total. The van der Waals surface area contributed by atoms with E-state index in [1.165, 1.54) is 21.8 Å². The summed E-state index contributed by atoms with van der Waals surface area (Å²) in [6, 6.07) is 12.9. The van der Waals surface area contributed by atoms with Gasteiger partial charge in [0.2, 0.25) is 0 Å². The van der Waals surface area contributed by atoms with Crippen molar-refractivity contribution in [3.05, 3.63) is 70.1 Å². The second-order valence-electron chi connectivity index (χ2n) is 5.00. The molecule has 2 aromatic rings. The summed E-state index contributed by atoms with van der Waals surface area (Å²) in [4.78, 5) is 23.3. The summed E-state index contributed by atoms with van der Waals surface area (Å²) in [7, 11) is 0. The highest BCUT2D eigenvalue weighted by Gasteiger charge is 2.16. The van der Waals surface area contributed by atoms with Gasteiger partial charge in [0.25, 0.3) is 11.5 Å². The molecule has 0 saturated heterocycles. The van der Waals surface area contributed by atoms with Crippen LogP contribution in [-0.4, -0.2) is 16.2 Å². The standard InChI is InChI=1S/C16H15N3O2/c20-15(11-19-8-4-3-7-16(19)21)18-17-14-9-12-5-1-2-6-13(12)10-14/h1-8H,9-11H2,(H,18,20). The molecule has 1 aliphatic carbocycles. The minimum atomic E-state index is -0.299. The molecular formula is C16H15N3O2. The van der Waals surface area contributed by atoms with Crippen LogP contribution in [0.1, 0.15) is 11.1 Å². The third kappa shape index (κ3) is 3.08. The fourth-order valence-electron chi connectivity index (χ4n) is 2.41. The maximum absolute atomic E-state index is 11.8. The fourth-order valence-corrected chi connectivity index (χ4v) is 2.41. The first-order valence-corrected chi connectivity index (χ1v) is 6.79. The van der Waals surface area contributed by atoms with Crippen LogP contribution >= 0.6 is 0 Å². The van der Waals surface area contributed by atoms with Gasteiger partial charge in [-0.05, 0) is 17.2 Å². The topological polar surface area (TPSA) is 63.5 Å². The van der Waals surface area contributed by atoms with Gasteiger partial charge in [0.1, 0.15) is 6.54 Å². The summed E-state index contributed by atoms with van der Waals surface area (Å²) in [6.45, 7) is -0.0244. The van der Waals surface area contributed by atoms with Crippen LogP contribution in [-0.2, 0) is 24.2 Å². The molecular weight excluding hydrogens is 266 g/mol. The molecule has 0 unspecified atom stereocenters. The average Bonchev–Trinajstić information content (AvgIpc) is 2.90. The molecule has 0 bridgehead atoms. The van der Waals surface area contributed by atoms with Crippen molar-refractivity contribution in [3.8, 4) is 0 Å². The molecule has 1 heterocycles. The zero-order chi connectivity index (χ0) is 14.7. The van der Waals surface area contributed by atoms with Gasteiger partial charge in [0.05, 0.1) is 0 Å². The van der Waals surface area contributed by atoms with Crippen molar-refractivity contribution >= 4 is 11.6 Å². The van der Waals surface area contributed by atoms with E-state index in [2.05, 4.69) is 22.7 Å². The Kier molecular flexibility index (Phi) is 3.64. The number of benzene rings is 1. The highest BCUT2D eigenvalue weighted by atomic mass is 16.2. The van der Waals surface area contributed by atoms with Gasteiger partial charge >= 0.3 is 0 Å². The van der Waals surface area contributed by atoms with Crippen molar-refractivity contribution in [2.75, 3.05) is 0 Å². The minimum Gasteiger partial charge on any atom is -0.306 e. The molecule has 3 rings (SSSR count). The van der Waals surface area contributed by atoms with Crippen molar-refractivity contribution in [2.24, 2.45) is 5.10 Å². The van der Waals surface area contributed by atoms with Crippen LogP contribution < -0.4 is 11.0 Å². The molecule has 1 aromatic heterocycles. The SMILES string of the molecule is O=C(Cn1ccccc1=O)NN=C1Cc2ccccc2C1. The van der Waals surface area contributed by atoms with Crippen LogP contribution in [0.3, 0.4) is 0 Å². The molecule has 0 atom stereocenters. The zero-order valence-electron chi connectivity index (χ0n) is 11.5. The van der Waals surface area contributed by atoms with E-state index < -0.39 is 0 Å². The quantitative estimate of drug-likeness (QED) is 0.857. The number of hydrogen-bond donors (Lipinski definition) is 1. The third-order valence-corrected chi connectivity index (χ3v) is 3.46. The average molecular weight is 281 g/mol. The Morgan fingerprint density at radius 2 is 1.76 bits per heavy atom. The van der Waals surface area contributed by atoms with Gasteiger partial charge in [-0.2, -0.15) is 5.10 Å². The van der Waals surface area contributed by atoms with Crippen LogP contribution in [0.25, 0.3) is 0 Å². The molecule has 21 heavy (non-hydrogen) atoms. The molecule has 0 aliphatic heterocycles. The molecule has 5 nitrogen and oxygen atoms in total. The lowest BCUT2D eigenvalue weighted by Crippen LogP contribution is -2.29. The first-order chi connectivity index (χ1) is 10.2. The van der Waals surface area contributed by atoms with Crippen molar-refractivity contribution < 1.29 is 4.79 Å². The number of carbonyl (C=O) groups excluding carboxylic acids is 1. The number of pyridine rings is 1. The van der Waals surface area contributed by atoms with Gasteiger partial charge < -0.3 is 4.57 Å². The number of nitrogens with zero attached hydrogens (tertiary/aromatic N) is 2. The van der Waals surface area contributed by atoms with Gasteiger partial charge in [-0.1, -0.05) is 30.3 Å². The molecule has 0 saturated carbocycles. The number of amides is 1. The summed E-state index contributed by atoms with van der Waals surface area (Å²) in [5.74, 6) is -0.299. The highest BCUT2D eigenvalue weighted by Crippen LogP contribution is 2.19. The fraction of sp³-hybridized carbons (Fsp3) is 0.188. The summed E-state index contributed by atoms with van der Waals surface area (Å²) in [5.41, 5.74) is 5.77. The number of carbonyl (C=O) groups is 1. The minimum absolute atomic E-state index is 0.0244. The molecule has 1 aliphatic rings. The number of rotatable bonds is 3. The first-order valence-electron chi connectivity index (χ1n) is 6.79. The number of hydrogen-bond acceptors (Lipinski definition) is 3. The summed E-state index contributed by atoms with van der Waals surface area (Å²) in [5, 5.41) is 4.17. The van der Waals surface area contributed by atoms with Crippen LogP contribution in [0, 0.1) is 0 Å². The van der Waals surface area contributed by atoms with Gasteiger partial charge in [-0.15, -0.1) is 0 Å². The Balaban J connectivity index is 1.61. The predicted octanol–water partition coefficient (Wildman–Crippen LogP) is 1.12. The highest BCUT2D eigenvalue weighted by molar-refractivity contribution is 5.93. The van der Waals surface area contributed by atoms with Crippen LogP contribution in [0.4, 0.5) is 0 Å². The van der Waals surface area contributed by atoms with Gasteiger partial charge in [0.15, 0.2) is 0 Å². The van der Waals surface area contributed by atoms with Crippen molar-refractivity contribution in [3.63, 3.8) is 0 Å². The van der Waals surface area contributed by atoms with E-state index in [4.69, 9.17) is 0 Å². The van der Waals surface area contributed by atoms with Crippen molar-refractivity contribution in [1.82, 2.24) is 9.99 Å². The predicted molar refractivity (Wildman–Crippen MR) is 80.1 cm³/mol. The monoisotopic (exact) mass is 281 g/mol. The zero-order valence-corrected chi connectivity index (χ0v) is 11.5. The van der Waals surface area contributed by atoms with Crippen molar-refractivity contribution in [1.29, 1.82) is 0 Å². The molecule has 0 spiro atoms.